The fraction of sp³-hybridized carbons (Fsp3) is 0.0667. The van der Waals surface area contributed by atoms with Crippen molar-refractivity contribution >= 4 is 17.5 Å². The van der Waals surface area contributed by atoms with Crippen LogP contribution in [-0.2, 0) is 0 Å². The fourth-order valence-electron chi connectivity index (χ4n) is 1.84. The largest absolute Gasteiger partial charge is 0.293 e. The van der Waals surface area contributed by atoms with E-state index < -0.39 is 0 Å². The molecular formula is C15H12N4OS. The van der Waals surface area contributed by atoms with Gasteiger partial charge in [-0.25, -0.2) is 0 Å². The Bertz CT molecular complexity index is 728. The van der Waals surface area contributed by atoms with Gasteiger partial charge in [0.15, 0.2) is 5.78 Å². The topological polar surface area (TPSA) is 60.7 Å². The minimum Gasteiger partial charge on any atom is -0.293 e. The lowest BCUT2D eigenvalue weighted by atomic mass is 10.2. The summed E-state index contributed by atoms with van der Waals surface area (Å²) < 4.78 is 1.63. The highest BCUT2D eigenvalue weighted by Gasteiger charge is 2.12. The molecule has 1 aromatic heterocycles. The Morgan fingerprint density at radius 2 is 1.67 bits per heavy atom. The van der Waals surface area contributed by atoms with Crippen molar-refractivity contribution in [1.29, 1.82) is 0 Å². The molecule has 104 valence electrons. The predicted octanol–water partition coefficient (Wildman–Crippen LogP) is 2.64. The second kappa shape index (κ2) is 6.32. The first-order valence-electron chi connectivity index (χ1n) is 6.39. The third kappa shape index (κ3) is 3.17. The van der Waals surface area contributed by atoms with Crippen molar-refractivity contribution in [3.63, 3.8) is 0 Å². The van der Waals surface area contributed by atoms with Gasteiger partial charge in [0, 0.05) is 5.56 Å². The summed E-state index contributed by atoms with van der Waals surface area (Å²) in [5.41, 5.74) is 1.57. The molecule has 0 amide bonds. The summed E-state index contributed by atoms with van der Waals surface area (Å²) in [7, 11) is 0. The number of rotatable bonds is 5. The number of para-hydroxylation sites is 1. The fourth-order valence-corrected chi connectivity index (χ4v) is 2.62. The predicted molar refractivity (Wildman–Crippen MR) is 80.7 cm³/mol. The highest BCUT2D eigenvalue weighted by Crippen LogP contribution is 2.19. The summed E-state index contributed by atoms with van der Waals surface area (Å²) in [5.74, 6) is 0.361. The molecule has 0 aliphatic carbocycles. The molecule has 0 bridgehead atoms. The quantitative estimate of drug-likeness (QED) is 0.535. The monoisotopic (exact) mass is 296 g/mol. The third-order valence-electron chi connectivity index (χ3n) is 2.87. The number of carbonyl (C=O) groups excluding carboxylic acids is 1. The van der Waals surface area contributed by atoms with E-state index in [0.717, 1.165) is 5.69 Å². The van der Waals surface area contributed by atoms with Gasteiger partial charge in [-0.3, -0.25) is 4.79 Å². The standard InChI is InChI=1S/C15H12N4OS/c20-14(12-7-3-1-4-8-12)11-21-15-16-17-18-19(15)13-9-5-2-6-10-13/h1-10H,11H2. The number of nitrogens with zero attached hydrogens (tertiary/aromatic N) is 4. The average Bonchev–Trinajstić information content (AvgIpc) is 3.03. The zero-order valence-corrected chi connectivity index (χ0v) is 11.9. The number of benzene rings is 2. The average molecular weight is 296 g/mol. The second-order valence-corrected chi connectivity index (χ2v) is 5.23. The van der Waals surface area contributed by atoms with E-state index in [1.807, 2.05) is 60.7 Å². The van der Waals surface area contributed by atoms with E-state index in [1.165, 1.54) is 11.8 Å². The van der Waals surface area contributed by atoms with Gasteiger partial charge in [-0.1, -0.05) is 60.3 Å². The maximum atomic E-state index is 12.1. The van der Waals surface area contributed by atoms with Crippen molar-refractivity contribution in [2.45, 2.75) is 5.16 Å². The summed E-state index contributed by atoms with van der Waals surface area (Å²) in [6.07, 6.45) is 0. The molecular weight excluding hydrogens is 284 g/mol. The number of tetrazole rings is 1. The van der Waals surface area contributed by atoms with Gasteiger partial charge in [0.2, 0.25) is 5.16 Å². The van der Waals surface area contributed by atoms with Crippen molar-refractivity contribution in [1.82, 2.24) is 20.2 Å². The molecule has 0 aliphatic rings. The van der Waals surface area contributed by atoms with Crippen LogP contribution in [0, 0.1) is 0 Å². The number of hydrogen-bond donors (Lipinski definition) is 0. The lowest BCUT2D eigenvalue weighted by Gasteiger charge is -2.03. The van der Waals surface area contributed by atoms with Crippen LogP contribution in [0.3, 0.4) is 0 Å². The summed E-state index contributed by atoms with van der Waals surface area (Å²) in [6.45, 7) is 0. The number of hydrogen-bond acceptors (Lipinski definition) is 5. The highest BCUT2D eigenvalue weighted by atomic mass is 32.2. The lowest BCUT2D eigenvalue weighted by molar-refractivity contribution is 0.102. The number of ketones is 1. The molecule has 0 fully saturated rings. The van der Waals surface area contributed by atoms with Crippen molar-refractivity contribution in [2.24, 2.45) is 0 Å². The summed E-state index contributed by atoms with van der Waals surface area (Å²) in [5, 5.41) is 12.2. The van der Waals surface area contributed by atoms with Crippen molar-refractivity contribution in [3.05, 3.63) is 66.2 Å². The normalized spacial score (nSPS) is 10.5. The minimum atomic E-state index is 0.0585. The molecule has 3 aromatic rings. The molecule has 3 rings (SSSR count). The van der Waals surface area contributed by atoms with Gasteiger partial charge in [-0.2, -0.15) is 4.68 Å². The number of aromatic nitrogens is 4. The smallest absolute Gasteiger partial charge is 0.214 e. The van der Waals surface area contributed by atoms with Crippen LogP contribution < -0.4 is 0 Å². The zero-order valence-electron chi connectivity index (χ0n) is 11.1. The van der Waals surface area contributed by atoms with E-state index >= 15 is 0 Å². The number of thioether (sulfide) groups is 1. The molecule has 0 radical (unpaired) electrons. The SMILES string of the molecule is O=C(CSc1nnnn1-c1ccccc1)c1ccccc1. The first-order chi connectivity index (χ1) is 10.3. The van der Waals surface area contributed by atoms with E-state index in [-0.39, 0.29) is 5.78 Å². The van der Waals surface area contributed by atoms with E-state index in [2.05, 4.69) is 15.5 Å². The lowest BCUT2D eigenvalue weighted by Crippen LogP contribution is -2.04. The van der Waals surface area contributed by atoms with E-state index in [4.69, 9.17) is 0 Å². The number of Topliss-reactive ketones (excluding diaryl/α,β-unsaturated/α-hetero) is 1. The van der Waals surface area contributed by atoms with Crippen LogP contribution in [0.2, 0.25) is 0 Å². The van der Waals surface area contributed by atoms with Gasteiger partial charge in [0.25, 0.3) is 0 Å². The molecule has 0 spiro atoms. The van der Waals surface area contributed by atoms with E-state index in [9.17, 15) is 4.79 Å². The van der Waals surface area contributed by atoms with Crippen molar-refractivity contribution < 1.29 is 4.79 Å². The van der Waals surface area contributed by atoms with Crippen LogP contribution in [0.5, 0.6) is 0 Å². The first kappa shape index (κ1) is 13.5. The van der Waals surface area contributed by atoms with Crippen LogP contribution in [0.1, 0.15) is 10.4 Å². The summed E-state index contributed by atoms with van der Waals surface area (Å²) in [6, 6.07) is 18.8. The maximum absolute atomic E-state index is 12.1. The van der Waals surface area contributed by atoms with E-state index in [0.29, 0.717) is 16.5 Å². The molecule has 2 aromatic carbocycles. The Kier molecular flexibility index (Phi) is 4.07. The Morgan fingerprint density at radius 1 is 1.00 bits per heavy atom. The van der Waals surface area contributed by atoms with Gasteiger partial charge in [-0.05, 0) is 22.6 Å². The molecule has 0 saturated carbocycles. The number of carbonyl (C=O) groups is 1. The van der Waals surface area contributed by atoms with Crippen LogP contribution >= 0.6 is 11.8 Å². The Labute approximate surface area is 126 Å². The Morgan fingerprint density at radius 3 is 2.38 bits per heavy atom. The van der Waals surface area contributed by atoms with Crippen LogP contribution in [0.4, 0.5) is 0 Å². The molecule has 6 heteroatoms. The molecule has 0 N–H and O–H groups in total. The minimum absolute atomic E-state index is 0.0585. The molecule has 0 atom stereocenters. The molecule has 0 saturated heterocycles. The Hall–Kier alpha value is -2.47. The highest BCUT2D eigenvalue weighted by molar-refractivity contribution is 7.99. The van der Waals surface area contributed by atoms with Gasteiger partial charge < -0.3 is 0 Å². The molecule has 0 unspecified atom stereocenters. The van der Waals surface area contributed by atoms with Gasteiger partial charge in [-0.15, -0.1) is 5.10 Å². The van der Waals surface area contributed by atoms with Crippen LogP contribution in [0.25, 0.3) is 5.69 Å². The summed E-state index contributed by atoms with van der Waals surface area (Å²) >= 11 is 1.33. The second-order valence-electron chi connectivity index (χ2n) is 4.29. The summed E-state index contributed by atoms with van der Waals surface area (Å²) in [4.78, 5) is 12.1. The van der Waals surface area contributed by atoms with E-state index in [1.54, 1.807) is 4.68 Å². The first-order valence-corrected chi connectivity index (χ1v) is 7.38. The third-order valence-corrected chi connectivity index (χ3v) is 3.79. The Balaban J connectivity index is 1.73. The molecule has 21 heavy (non-hydrogen) atoms. The molecule has 1 heterocycles. The zero-order chi connectivity index (χ0) is 14.5. The molecule has 5 nitrogen and oxygen atoms in total. The van der Waals surface area contributed by atoms with Gasteiger partial charge in [0.1, 0.15) is 0 Å². The van der Waals surface area contributed by atoms with Crippen LogP contribution in [0.15, 0.2) is 65.8 Å². The molecule has 0 aliphatic heterocycles. The van der Waals surface area contributed by atoms with Gasteiger partial charge in [0.05, 0.1) is 11.4 Å². The maximum Gasteiger partial charge on any atom is 0.214 e. The van der Waals surface area contributed by atoms with Crippen molar-refractivity contribution in [3.8, 4) is 5.69 Å². The van der Waals surface area contributed by atoms with Crippen molar-refractivity contribution in [2.75, 3.05) is 5.75 Å². The van der Waals surface area contributed by atoms with Gasteiger partial charge >= 0.3 is 0 Å². The van der Waals surface area contributed by atoms with Crippen LogP contribution in [-0.4, -0.2) is 31.7 Å².